The van der Waals surface area contributed by atoms with Crippen molar-refractivity contribution < 1.29 is 4.79 Å². The lowest BCUT2D eigenvalue weighted by Crippen LogP contribution is -2.39. The largest absolute Gasteiger partial charge is 0.335 e. The zero-order valence-corrected chi connectivity index (χ0v) is 10.2. The number of carbonyl (C=O) groups excluding carboxylic acids is 1. The van der Waals surface area contributed by atoms with E-state index in [4.69, 9.17) is 5.73 Å². The fraction of sp³-hybridized carbons (Fsp3) is 0.636. The van der Waals surface area contributed by atoms with E-state index in [1.165, 1.54) is 0 Å². The van der Waals surface area contributed by atoms with Gasteiger partial charge in [0, 0.05) is 19.6 Å². The molecule has 1 aromatic rings. The molecule has 0 aliphatic rings. The van der Waals surface area contributed by atoms with Crippen LogP contribution in [-0.2, 0) is 7.05 Å². The van der Waals surface area contributed by atoms with Gasteiger partial charge in [0.2, 0.25) is 0 Å². The summed E-state index contributed by atoms with van der Waals surface area (Å²) in [5, 5.41) is 0. The molecule has 0 radical (unpaired) electrons. The number of nitrogens with two attached hydrogens (primary N) is 1. The van der Waals surface area contributed by atoms with E-state index in [-0.39, 0.29) is 11.9 Å². The van der Waals surface area contributed by atoms with Crippen molar-refractivity contribution in [3.05, 3.63) is 18.2 Å². The summed E-state index contributed by atoms with van der Waals surface area (Å²) in [6, 6.07) is 0.175. The fourth-order valence-corrected chi connectivity index (χ4v) is 1.57. The van der Waals surface area contributed by atoms with Crippen molar-refractivity contribution in [3.8, 4) is 0 Å². The molecular formula is C11H20N4O. The maximum absolute atomic E-state index is 12.2. The molecule has 0 unspecified atom stereocenters. The molecule has 5 nitrogen and oxygen atoms in total. The third-order valence-electron chi connectivity index (χ3n) is 2.52. The molecule has 0 aliphatic carbocycles. The number of carbonyl (C=O) groups is 1. The minimum absolute atomic E-state index is 0.0171. The van der Waals surface area contributed by atoms with Crippen LogP contribution in [0.1, 0.15) is 30.8 Å². The molecule has 1 heterocycles. The second-order valence-corrected chi connectivity index (χ2v) is 4.12. The van der Waals surface area contributed by atoms with Crippen LogP contribution in [0.25, 0.3) is 0 Å². The van der Waals surface area contributed by atoms with Gasteiger partial charge in [0.25, 0.3) is 5.91 Å². The molecule has 0 saturated carbocycles. The van der Waals surface area contributed by atoms with E-state index in [9.17, 15) is 4.79 Å². The van der Waals surface area contributed by atoms with Crippen molar-refractivity contribution in [1.29, 1.82) is 0 Å². The Morgan fingerprint density at radius 1 is 1.62 bits per heavy atom. The normalized spacial score (nSPS) is 10.8. The highest BCUT2D eigenvalue weighted by Gasteiger charge is 2.20. The molecule has 0 fully saturated rings. The van der Waals surface area contributed by atoms with Gasteiger partial charge in [-0.3, -0.25) is 4.79 Å². The first kappa shape index (κ1) is 12.7. The maximum atomic E-state index is 12.2. The predicted octanol–water partition coefficient (Wildman–Crippen LogP) is 0.619. The van der Waals surface area contributed by atoms with Gasteiger partial charge in [-0.15, -0.1) is 0 Å². The van der Waals surface area contributed by atoms with Crippen LogP contribution in [0.15, 0.2) is 12.5 Å². The monoisotopic (exact) mass is 224 g/mol. The summed E-state index contributed by atoms with van der Waals surface area (Å²) in [4.78, 5) is 18.0. The minimum Gasteiger partial charge on any atom is -0.335 e. The molecule has 90 valence electrons. The van der Waals surface area contributed by atoms with Crippen molar-refractivity contribution in [2.45, 2.75) is 26.3 Å². The van der Waals surface area contributed by atoms with Gasteiger partial charge in [0.15, 0.2) is 0 Å². The van der Waals surface area contributed by atoms with E-state index < -0.39 is 0 Å². The molecule has 0 aliphatic heterocycles. The number of hydrogen-bond acceptors (Lipinski definition) is 3. The zero-order valence-electron chi connectivity index (χ0n) is 10.2. The van der Waals surface area contributed by atoms with Crippen LogP contribution in [-0.4, -0.2) is 39.5 Å². The highest BCUT2D eigenvalue weighted by atomic mass is 16.2. The lowest BCUT2D eigenvalue weighted by Gasteiger charge is -2.26. The minimum atomic E-state index is 0.0171. The van der Waals surface area contributed by atoms with Crippen LogP contribution in [0.5, 0.6) is 0 Å². The Morgan fingerprint density at radius 3 is 2.75 bits per heavy atom. The Kier molecular flexibility index (Phi) is 4.49. The highest BCUT2D eigenvalue weighted by Crippen LogP contribution is 2.08. The van der Waals surface area contributed by atoms with Crippen molar-refractivity contribution >= 4 is 5.91 Å². The van der Waals surface area contributed by atoms with Gasteiger partial charge < -0.3 is 15.2 Å². The van der Waals surface area contributed by atoms with Gasteiger partial charge in [0.1, 0.15) is 5.69 Å². The van der Waals surface area contributed by atoms with Gasteiger partial charge in [0.05, 0.1) is 12.5 Å². The summed E-state index contributed by atoms with van der Waals surface area (Å²) in [5.41, 5.74) is 6.09. The van der Waals surface area contributed by atoms with Gasteiger partial charge in [-0.1, -0.05) is 0 Å². The third-order valence-corrected chi connectivity index (χ3v) is 2.52. The molecule has 5 heteroatoms. The Hall–Kier alpha value is -1.36. The van der Waals surface area contributed by atoms with E-state index in [1.54, 1.807) is 17.1 Å². The predicted molar refractivity (Wildman–Crippen MR) is 63.1 cm³/mol. The van der Waals surface area contributed by atoms with Gasteiger partial charge in [-0.2, -0.15) is 0 Å². The number of imidazole rings is 1. The molecule has 1 rings (SSSR count). The number of hydrogen-bond donors (Lipinski definition) is 1. The number of amides is 1. The molecule has 0 aromatic carbocycles. The van der Waals surface area contributed by atoms with E-state index in [0.29, 0.717) is 18.8 Å². The molecule has 16 heavy (non-hydrogen) atoms. The van der Waals surface area contributed by atoms with E-state index in [1.807, 2.05) is 25.8 Å². The SMILES string of the molecule is CC(C)N(CCCN)C(=O)c1cncn1C. The summed E-state index contributed by atoms with van der Waals surface area (Å²) in [5.74, 6) is 0.0171. The molecule has 0 atom stereocenters. The summed E-state index contributed by atoms with van der Waals surface area (Å²) in [6.07, 6.45) is 4.05. The Bertz CT molecular complexity index is 346. The second kappa shape index (κ2) is 5.65. The van der Waals surface area contributed by atoms with Gasteiger partial charge in [-0.05, 0) is 26.8 Å². The van der Waals surface area contributed by atoms with Crippen molar-refractivity contribution in [3.63, 3.8) is 0 Å². The molecule has 0 bridgehead atoms. The molecule has 1 aromatic heterocycles. The number of aromatic nitrogens is 2. The summed E-state index contributed by atoms with van der Waals surface area (Å²) in [7, 11) is 1.82. The lowest BCUT2D eigenvalue weighted by molar-refractivity contribution is 0.0695. The Morgan fingerprint density at radius 2 is 2.31 bits per heavy atom. The summed E-state index contributed by atoms with van der Waals surface area (Å²) in [6.45, 7) is 5.30. The smallest absolute Gasteiger partial charge is 0.272 e. The first-order valence-electron chi connectivity index (χ1n) is 5.55. The Labute approximate surface area is 96.3 Å². The van der Waals surface area contributed by atoms with Gasteiger partial charge in [-0.25, -0.2) is 4.98 Å². The third kappa shape index (κ3) is 2.82. The van der Waals surface area contributed by atoms with Crippen LogP contribution >= 0.6 is 0 Å². The van der Waals surface area contributed by atoms with Crippen molar-refractivity contribution in [2.24, 2.45) is 12.8 Å². The van der Waals surface area contributed by atoms with Crippen LogP contribution in [0, 0.1) is 0 Å². The summed E-state index contributed by atoms with van der Waals surface area (Å²) < 4.78 is 1.74. The molecule has 2 N–H and O–H groups in total. The molecule has 0 saturated heterocycles. The molecular weight excluding hydrogens is 204 g/mol. The van der Waals surface area contributed by atoms with Crippen LogP contribution < -0.4 is 5.73 Å². The Balaban J connectivity index is 2.79. The first-order valence-corrected chi connectivity index (χ1v) is 5.55. The number of rotatable bonds is 5. The van der Waals surface area contributed by atoms with Crippen molar-refractivity contribution in [2.75, 3.05) is 13.1 Å². The average molecular weight is 224 g/mol. The quantitative estimate of drug-likeness (QED) is 0.797. The topological polar surface area (TPSA) is 64.2 Å². The van der Waals surface area contributed by atoms with Crippen molar-refractivity contribution in [1.82, 2.24) is 14.5 Å². The second-order valence-electron chi connectivity index (χ2n) is 4.12. The van der Waals surface area contributed by atoms with Crippen LogP contribution in [0.2, 0.25) is 0 Å². The van der Waals surface area contributed by atoms with Crippen LogP contribution in [0.4, 0.5) is 0 Å². The zero-order chi connectivity index (χ0) is 12.1. The number of nitrogens with zero attached hydrogens (tertiary/aromatic N) is 3. The van der Waals surface area contributed by atoms with E-state index in [0.717, 1.165) is 6.42 Å². The van der Waals surface area contributed by atoms with Gasteiger partial charge >= 0.3 is 0 Å². The molecule has 1 amide bonds. The maximum Gasteiger partial charge on any atom is 0.272 e. The fourth-order valence-electron chi connectivity index (χ4n) is 1.57. The van der Waals surface area contributed by atoms with E-state index >= 15 is 0 Å². The standard InChI is InChI=1S/C11H20N4O/c1-9(2)15(6-4-5-12)11(16)10-7-13-8-14(10)3/h7-9H,4-6,12H2,1-3H3. The average Bonchev–Trinajstić information content (AvgIpc) is 2.64. The lowest BCUT2D eigenvalue weighted by atomic mass is 10.2. The molecule has 0 spiro atoms. The van der Waals surface area contributed by atoms with Crippen LogP contribution in [0.3, 0.4) is 0 Å². The highest BCUT2D eigenvalue weighted by molar-refractivity contribution is 5.92. The first-order chi connectivity index (χ1) is 7.57. The number of aryl methyl sites for hydroxylation is 1. The van der Waals surface area contributed by atoms with E-state index in [2.05, 4.69) is 4.98 Å². The summed E-state index contributed by atoms with van der Waals surface area (Å²) >= 11 is 0.